The lowest BCUT2D eigenvalue weighted by Crippen LogP contribution is -1.94. The predicted octanol–water partition coefficient (Wildman–Crippen LogP) is 3.47. The summed E-state index contributed by atoms with van der Waals surface area (Å²) >= 11 is 7.72. The Morgan fingerprint density at radius 2 is 2.08 bits per heavy atom. The molecule has 0 aliphatic carbocycles. The number of alkyl halides is 1. The molecular formula is C10H10ClIO. The second-order valence-electron chi connectivity index (χ2n) is 2.37. The van der Waals surface area contributed by atoms with E-state index in [0.29, 0.717) is 12.5 Å². The summed E-state index contributed by atoms with van der Waals surface area (Å²) < 4.78 is 6.61. The number of benzene rings is 1. The monoisotopic (exact) mass is 308 g/mol. The maximum atomic E-state index is 5.49. The molecule has 0 amide bonds. The topological polar surface area (TPSA) is 9.23 Å². The zero-order chi connectivity index (χ0) is 9.52. The molecular weight excluding hydrogens is 298 g/mol. The van der Waals surface area contributed by atoms with E-state index in [9.17, 15) is 0 Å². The van der Waals surface area contributed by atoms with Crippen LogP contribution in [0.15, 0.2) is 36.4 Å². The van der Waals surface area contributed by atoms with E-state index >= 15 is 0 Å². The second-order valence-corrected chi connectivity index (χ2v) is 3.84. The average Bonchev–Trinajstić information content (AvgIpc) is 2.15. The Balaban J connectivity index is 2.45. The van der Waals surface area contributed by atoms with Gasteiger partial charge in [-0.2, -0.15) is 0 Å². The Morgan fingerprint density at radius 3 is 2.77 bits per heavy atom. The summed E-state index contributed by atoms with van der Waals surface area (Å²) in [5.41, 5.74) is 0. The Bertz CT molecular complexity index is 286. The van der Waals surface area contributed by atoms with Gasteiger partial charge in [0, 0.05) is 5.88 Å². The average molecular weight is 309 g/mol. The summed E-state index contributed by atoms with van der Waals surface area (Å²) in [6.07, 6.45) is 3.79. The smallest absolute Gasteiger partial charge is 0.133 e. The van der Waals surface area contributed by atoms with Crippen LogP contribution in [0.3, 0.4) is 0 Å². The molecule has 0 aliphatic rings. The van der Waals surface area contributed by atoms with E-state index in [1.165, 1.54) is 0 Å². The highest BCUT2D eigenvalue weighted by atomic mass is 127. The van der Waals surface area contributed by atoms with Crippen molar-refractivity contribution >= 4 is 34.2 Å². The maximum absolute atomic E-state index is 5.49. The summed E-state index contributed by atoms with van der Waals surface area (Å²) in [7, 11) is 0. The molecule has 1 aromatic carbocycles. The van der Waals surface area contributed by atoms with E-state index in [-0.39, 0.29) is 0 Å². The summed E-state index contributed by atoms with van der Waals surface area (Å²) in [5.74, 6) is 1.46. The highest BCUT2D eigenvalue weighted by Crippen LogP contribution is 2.19. The van der Waals surface area contributed by atoms with Crippen molar-refractivity contribution in [3.05, 3.63) is 40.0 Å². The SMILES string of the molecule is ClCC=CCOc1ccccc1I. The van der Waals surface area contributed by atoms with E-state index in [0.717, 1.165) is 9.32 Å². The molecule has 1 nitrogen and oxygen atoms in total. The number of hydrogen-bond donors (Lipinski definition) is 0. The predicted molar refractivity (Wildman–Crippen MR) is 64.5 cm³/mol. The fourth-order valence-electron chi connectivity index (χ4n) is 0.831. The van der Waals surface area contributed by atoms with Crippen molar-refractivity contribution in [1.29, 1.82) is 0 Å². The number of halogens is 2. The molecule has 0 fully saturated rings. The first-order chi connectivity index (χ1) is 6.34. The van der Waals surface area contributed by atoms with Crippen LogP contribution in [0.1, 0.15) is 0 Å². The van der Waals surface area contributed by atoms with Crippen molar-refractivity contribution in [2.24, 2.45) is 0 Å². The van der Waals surface area contributed by atoms with Gasteiger partial charge in [0.05, 0.1) is 3.57 Å². The zero-order valence-corrected chi connectivity index (χ0v) is 9.96. The van der Waals surface area contributed by atoms with Crippen molar-refractivity contribution in [2.45, 2.75) is 0 Å². The quantitative estimate of drug-likeness (QED) is 0.470. The van der Waals surface area contributed by atoms with Gasteiger partial charge in [-0.3, -0.25) is 0 Å². The van der Waals surface area contributed by atoms with Gasteiger partial charge in [-0.15, -0.1) is 11.6 Å². The first-order valence-electron chi connectivity index (χ1n) is 3.93. The summed E-state index contributed by atoms with van der Waals surface area (Å²) in [6, 6.07) is 7.92. The van der Waals surface area contributed by atoms with Crippen LogP contribution < -0.4 is 4.74 Å². The number of para-hydroxylation sites is 1. The van der Waals surface area contributed by atoms with Gasteiger partial charge in [0.2, 0.25) is 0 Å². The van der Waals surface area contributed by atoms with Crippen LogP contribution in [0.5, 0.6) is 5.75 Å². The second kappa shape index (κ2) is 6.27. The van der Waals surface area contributed by atoms with Gasteiger partial charge < -0.3 is 4.74 Å². The van der Waals surface area contributed by atoms with Crippen molar-refractivity contribution in [3.63, 3.8) is 0 Å². The molecule has 0 aromatic heterocycles. The van der Waals surface area contributed by atoms with Crippen LogP contribution in [-0.4, -0.2) is 12.5 Å². The molecule has 0 heterocycles. The van der Waals surface area contributed by atoms with Crippen LogP contribution in [0.4, 0.5) is 0 Å². The minimum atomic E-state index is 0.537. The van der Waals surface area contributed by atoms with Crippen molar-refractivity contribution < 1.29 is 4.74 Å². The lowest BCUT2D eigenvalue weighted by molar-refractivity contribution is 0.360. The van der Waals surface area contributed by atoms with Crippen LogP contribution in [0.25, 0.3) is 0 Å². The van der Waals surface area contributed by atoms with E-state index in [2.05, 4.69) is 22.6 Å². The normalized spacial score (nSPS) is 10.6. The summed E-state index contributed by atoms with van der Waals surface area (Å²) in [4.78, 5) is 0. The van der Waals surface area contributed by atoms with Gasteiger partial charge in [-0.05, 0) is 34.7 Å². The highest BCUT2D eigenvalue weighted by Gasteiger charge is 1.95. The molecule has 0 spiro atoms. The van der Waals surface area contributed by atoms with Gasteiger partial charge in [0.15, 0.2) is 0 Å². The maximum Gasteiger partial charge on any atom is 0.133 e. The molecule has 13 heavy (non-hydrogen) atoms. The Kier molecular flexibility index (Phi) is 5.23. The van der Waals surface area contributed by atoms with Crippen molar-refractivity contribution in [2.75, 3.05) is 12.5 Å². The van der Waals surface area contributed by atoms with E-state index in [1.54, 1.807) is 0 Å². The van der Waals surface area contributed by atoms with Gasteiger partial charge in [0.25, 0.3) is 0 Å². The summed E-state index contributed by atoms with van der Waals surface area (Å²) in [5, 5.41) is 0. The fourth-order valence-corrected chi connectivity index (χ4v) is 1.50. The highest BCUT2D eigenvalue weighted by molar-refractivity contribution is 14.1. The number of rotatable bonds is 4. The van der Waals surface area contributed by atoms with E-state index < -0.39 is 0 Å². The zero-order valence-electron chi connectivity index (χ0n) is 7.04. The number of hydrogen-bond acceptors (Lipinski definition) is 1. The number of allylic oxidation sites excluding steroid dienone is 1. The lowest BCUT2D eigenvalue weighted by Gasteiger charge is -2.04. The van der Waals surface area contributed by atoms with Crippen molar-refractivity contribution in [3.8, 4) is 5.75 Å². The van der Waals surface area contributed by atoms with E-state index in [1.807, 2.05) is 36.4 Å². The van der Waals surface area contributed by atoms with Crippen LogP contribution in [-0.2, 0) is 0 Å². The molecule has 70 valence electrons. The molecule has 1 aromatic rings. The molecule has 1 rings (SSSR count). The molecule has 0 atom stereocenters. The molecule has 0 aliphatic heterocycles. The van der Waals surface area contributed by atoms with Crippen LogP contribution in [0, 0.1) is 3.57 Å². The third-order valence-corrected chi connectivity index (χ3v) is 2.50. The Morgan fingerprint density at radius 1 is 1.31 bits per heavy atom. The fraction of sp³-hybridized carbons (Fsp3) is 0.200. The molecule has 3 heteroatoms. The largest absolute Gasteiger partial charge is 0.488 e. The molecule has 0 N–H and O–H groups in total. The van der Waals surface area contributed by atoms with Gasteiger partial charge in [-0.1, -0.05) is 24.3 Å². The van der Waals surface area contributed by atoms with Gasteiger partial charge in [0.1, 0.15) is 12.4 Å². The van der Waals surface area contributed by atoms with Crippen molar-refractivity contribution in [1.82, 2.24) is 0 Å². The molecule has 0 radical (unpaired) electrons. The lowest BCUT2D eigenvalue weighted by atomic mass is 10.3. The van der Waals surface area contributed by atoms with Crippen LogP contribution >= 0.6 is 34.2 Å². The number of ether oxygens (including phenoxy) is 1. The summed E-state index contributed by atoms with van der Waals surface area (Å²) in [6.45, 7) is 0.576. The minimum Gasteiger partial charge on any atom is -0.488 e. The standard InChI is InChI=1S/C10H10ClIO/c11-7-3-4-8-13-10-6-2-1-5-9(10)12/h1-6H,7-8H2. The first-order valence-corrected chi connectivity index (χ1v) is 5.54. The Labute approximate surface area is 96.9 Å². The third kappa shape index (κ3) is 4.00. The molecule has 0 saturated carbocycles. The minimum absolute atomic E-state index is 0.537. The first kappa shape index (κ1) is 10.9. The molecule has 0 saturated heterocycles. The van der Waals surface area contributed by atoms with E-state index in [4.69, 9.17) is 16.3 Å². The Hall–Kier alpha value is -0.220. The van der Waals surface area contributed by atoms with Crippen LogP contribution in [0.2, 0.25) is 0 Å². The van der Waals surface area contributed by atoms with Gasteiger partial charge in [-0.25, -0.2) is 0 Å². The third-order valence-electron chi connectivity index (χ3n) is 1.43. The van der Waals surface area contributed by atoms with Gasteiger partial charge >= 0.3 is 0 Å². The molecule has 0 unspecified atom stereocenters. The molecule has 0 bridgehead atoms.